The van der Waals surface area contributed by atoms with Gasteiger partial charge in [0.1, 0.15) is 0 Å². The van der Waals surface area contributed by atoms with E-state index in [0.29, 0.717) is 0 Å². The van der Waals surface area contributed by atoms with Crippen molar-refractivity contribution >= 4 is 28.8 Å². The van der Waals surface area contributed by atoms with Crippen LogP contribution in [0.4, 0.5) is 0 Å². The lowest BCUT2D eigenvalue weighted by molar-refractivity contribution is 1.03. The van der Waals surface area contributed by atoms with E-state index in [-0.39, 0.29) is 0 Å². The summed E-state index contributed by atoms with van der Waals surface area (Å²) in [5.74, 6) is 0. The molecule has 0 aliphatic heterocycles. The van der Waals surface area contributed by atoms with Crippen molar-refractivity contribution in [3.8, 4) is 28.1 Å². The second-order valence-corrected chi connectivity index (χ2v) is 15.2. The Bertz CT molecular complexity index is 1900. The van der Waals surface area contributed by atoms with Gasteiger partial charge in [0.05, 0.1) is 5.69 Å². The normalized spacial score (nSPS) is 11.4. The SMILES string of the molecule is Cc1cccc(-c2c([Si](c3ccccc3)(c3ccccc3)c3ccccc3)c(-c3ccccc3)n(-c3ccccc3)c2C)c1. The van der Waals surface area contributed by atoms with E-state index in [1.54, 1.807) is 0 Å². The van der Waals surface area contributed by atoms with E-state index in [1.807, 2.05) is 0 Å². The fourth-order valence-corrected chi connectivity index (χ4v) is 12.2. The van der Waals surface area contributed by atoms with Gasteiger partial charge < -0.3 is 4.57 Å². The highest BCUT2D eigenvalue weighted by Crippen LogP contribution is 2.36. The van der Waals surface area contributed by atoms with Crippen LogP contribution in [0.25, 0.3) is 28.1 Å². The van der Waals surface area contributed by atoms with Crippen LogP contribution in [0.15, 0.2) is 176 Å². The molecule has 0 spiro atoms. The molecule has 0 bridgehead atoms. The van der Waals surface area contributed by atoms with Crippen LogP contribution in [0.2, 0.25) is 0 Å². The Hall–Kier alpha value is -5.18. The molecule has 1 heterocycles. The van der Waals surface area contributed by atoms with Crippen molar-refractivity contribution in [3.05, 3.63) is 187 Å². The summed E-state index contributed by atoms with van der Waals surface area (Å²) >= 11 is 0. The summed E-state index contributed by atoms with van der Waals surface area (Å²) in [6.45, 7) is 4.50. The number of para-hydroxylation sites is 1. The predicted octanol–water partition coefficient (Wildman–Crippen LogP) is 7.81. The van der Waals surface area contributed by atoms with Crippen LogP contribution in [-0.4, -0.2) is 12.6 Å². The third-order valence-corrected chi connectivity index (χ3v) is 13.6. The number of rotatable bonds is 7. The maximum Gasteiger partial charge on any atom is 0.182 e. The van der Waals surface area contributed by atoms with Crippen LogP contribution in [0.3, 0.4) is 0 Å². The number of benzene rings is 6. The van der Waals surface area contributed by atoms with Crippen molar-refractivity contribution in [2.75, 3.05) is 0 Å². The Labute approximate surface area is 261 Å². The molecule has 0 saturated heterocycles. The van der Waals surface area contributed by atoms with Crippen molar-refractivity contribution in [2.24, 2.45) is 0 Å². The Balaban J connectivity index is 1.78. The summed E-state index contributed by atoms with van der Waals surface area (Å²) < 4.78 is 2.51. The molecule has 1 nitrogen and oxygen atoms in total. The Kier molecular flexibility index (Phi) is 7.43. The molecular formula is C42H35NSi. The van der Waals surface area contributed by atoms with Crippen LogP contribution < -0.4 is 20.7 Å². The number of aromatic nitrogens is 1. The molecule has 7 aromatic rings. The average Bonchev–Trinajstić information content (AvgIpc) is 3.40. The van der Waals surface area contributed by atoms with E-state index in [2.05, 4.69) is 194 Å². The fourth-order valence-electron chi connectivity index (χ4n) is 6.98. The minimum absolute atomic E-state index is 1.17. The topological polar surface area (TPSA) is 4.93 Å². The van der Waals surface area contributed by atoms with Crippen LogP contribution in [0, 0.1) is 13.8 Å². The smallest absolute Gasteiger partial charge is 0.182 e. The molecule has 0 aliphatic carbocycles. The molecule has 0 amide bonds. The van der Waals surface area contributed by atoms with Crippen molar-refractivity contribution in [3.63, 3.8) is 0 Å². The molecule has 212 valence electrons. The van der Waals surface area contributed by atoms with Gasteiger partial charge in [-0.1, -0.05) is 169 Å². The third kappa shape index (κ3) is 4.65. The van der Waals surface area contributed by atoms with E-state index < -0.39 is 8.07 Å². The molecule has 0 aliphatic rings. The molecule has 44 heavy (non-hydrogen) atoms. The molecule has 0 N–H and O–H groups in total. The van der Waals surface area contributed by atoms with E-state index in [0.717, 1.165) is 0 Å². The molecule has 0 unspecified atom stereocenters. The maximum atomic E-state index is 2.51. The van der Waals surface area contributed by atoms with Gasteiger partial charge in [0.15, 0.2) is 8.07 Å². The highest BCUT2D eigenvalue weighted by atomic mass is 28.3. The van der Waals surface area contributed by atoms with Crippen molar-refractivity contribution < 1.29 is 0 Å². The lowest BCUT2D eigenvalue weighted by Gasteiger charge is -2.36. The molecule has 0 saturated carbocycles. The molecule has 7 rings (SSSR count). The van der Waals surface area contributed by atoms with E-state index in [4.69, 9.17) is 0 Å². The van der Waals surface area contributed by atoms with Crippen molar-refractivity contribution in [1.29, 1.82) is 0 Å². The molecule has 1 aromatic heterocycles. The molecule has 0 atom stereocenters. The maximum absolute atomic E-state index is 2.94. The lowest BCUT2D eigenvalue weighted by atomic mass is 10.0. The van der Waals surface area contributed by atoms with Crippen LogP contribution in [-0.2, 0) is 0 Å². The van der Waals surface area contributed by atoms with E-state index in [1.165, 1.54) is 60.1 Å². The van der Waals surface area contributed by atoms with Gasteiger partial charge >= 0.3 is 0 Å². The van der Waals surface area contributed by atoms with Crippen molar-refractivity contribution in [2.45, 2.75) is 13.8 Å². The van der Waals surface area contributed by atoms with Gasteiger partial charge in [0, 0.05) is 16.9 Å². The van der Waals surface area contributed by atoms with Gasteiger partial charge in [-0.15, -0.1) is 0 Å². The number of nitrogens with zero attached hydrogens (tertiary/aromatic N) is 1. The van der Waals surface area contributed by atoms with Gasteiger partial charge in [-0.2, -0.15) is 0 Å². The molecule has 0 radical (unpaired) electrons. The van der Waals surface area contributed by atoms with E-state index >= 15 is 0 Å². The van der Waals surface area contributed by atoms with E-state index in [9.17, 15) is 0 Å². The van der Waals surface area contributed by atoms with Gasteiger partial charge in [0.2, 0.25) is 0 Å². The fraction of sp³-hybridized carbons (Fsp3) is 0.0476. The first-order valence-corrected chi connectivity index (χ1v) is 17.3. The highest BCUT2D eigenvalue weighted by Gasteiger charge is 2.47. The summed E-state index contributed by atoms with van der Waals surface area (Å²) in [7, 11) is -2.94. The van der Waals surface area contributed by atoms with Gasteiger partial charge in [-0.25, -0.2) is 0 Å². The zero-order chi connectivity index (χ0) is 29.9. The Morgan fingerprint density at radius 1 is 0.432 bits per heavy atom. The van der Waals surface area contributed by atoms with Crippen LogP contribution in [0.5, 0.6) is 0 Å². The standard InChI is InChI=1S/C42H35NSi/c1-32-19-18-22-35(31-32)40-33(2)43(36-23-10-4-11-24-36)41(34-20-8-3-9-21-34)42(40)44(37-25-12-5-13-26-37,38-27-14-6-15-28-38)39-29-16-7-17-30-39/h3-31H,1-2H3. The highest BCUT2D eigenvalue weighted by molar-refractivity contribution is 7.21. The zero-order valence-corrected chi connectivity index (χ0v) is 26.2. The first-order valence-electron chi connectivity index (χ1n) is 15.3. The third-order valence-electron chi connectivity index (χ3n) is 8.77. The van der Waals surface area contributed by atoms with Crippen LogP contribution >= 0.6 is 0 Å². The molecular weight excluding hydrogens is 547 g/mol. The number of hydrogen-bond donors (Lipinski definition) is 0. The summed E-state index contributed by atoms with van der Waals surface area (Å²) in [6.07, 6.45) is 0. The molecule has 6 aromatic carbocycles. The van der Waals surface area contributed by atoms with Crippen molar-refractivity contribution in [1.82, 2.24) is 4.57 Å². The van der Waals surface area contributed by atoms with Crippen LogP contribution in [0.1, 0.15) is 11.3 Å². The lowest BCUT2D eigenvalue weighted by Crippen LogP contribution is -2.75. The number of aryl methyl sites for hydroxylation is 1. The zero-order valence-electron chi connectivity index (χ0n) is 25.2. The van der Waals surface area contributed by atoms with Gasteiger partial charge in [0.25, 0.3) is 0 Å². The van der Waals surface area contributed by atoms with Gasteiger partial charge in [-0.3, -0.25) is 0 Å². The summed E-state index contributed by atoms with van der Waals surface area (Å²) in [5, 5.41) is 5.52. The largest absolute Gasteiger partial charge is 0.313 e. The minimum atomic E-state index is -2.94. The predicted molar refractivity (Wildman–Crippen MR) is 190 cm³/mol. The monoisotopic (exact) mass is 581 g/mol. The Morgan fingerprint density at radius 3 is 1.34 bits per heavy atom. The summed E-state index contributed by atoms with van der Waals surface area (Å²) in [5.41, 5.74) is 8.72. The Morgan fingerprint density at radius 2 is 0.864 bits per heavy atom. The quantitative estimate of drug-likeness (QED) is 0.134. The summed E-state index contributed by atoms with van der Waals surface area (Å²) in [4.78, 5) is 0. The molecule has 0 fully saturated rings. The average molecular weight is 582 g/mol. The molecule has 2 heteroatoms. The first kappa shape index (κ1) is 27.6. The van der Waals surface area contributed by atoms with Gasteiger partial charge in [-0.05, 0) is 57.9 Å². The second kappa shape index (κ2) is 11.8. The first-order chi connectivity index (χ1) is 21.7. The minimum Gasteiger partial charge on any atom is -0.313 e. The number of hydrogen-bond acceptors (Lipinski definition) is 0. The summed E-state index contributed by atoms with van der Waals surface area (Å²) in [6, 6.07) is 64.7. The second-order valence-electron chi connectivity index (χ2n) is 11.4.